The van der Waals surface area contributed by atoms with Gasteiger partial charge in [0.1, 0.15) is 5.78 Å². The quantitative estimate of drug-likeness (QED) is 0.751. The first-order chi connectivity index (χ1) is 14.7. The zero-order valence-corrected chi connectivity index (χ0v) is 18.8. The number of hydrogen-bond donors (Lipinski definition) is 1. The Hall–Kier alpha value is -3.15. The van der Waals surface area contributed by atoms with E-state index in [1.807, 2.05) is 63.2 Å². The van der Waals surface area contributed by atoms with E-state index in [4.69, 9.17) is 4.74 Å². The molecule has 1 heterocycles. The van der Waals surface area contributed by atoms with Crippen molar-refractivity contribution in [2.75, 3.05) is 4.90 Å². The molecule has 0 aliphatic carbocycles. The highest BCUT2D eigenvalue weighted by molar-refractivity contribution is 5.94. The van der Waals surface area contributed by atoms with E-state index < -0.39 is 6.09 Å². The van der Waals surface area contributed by atoms with Gasteiger partial charge in [0.25, 0.3) is 0 Å². The summed E-state index contributed by atoms with van der Waals surface area (Å²) in [5.74, 6) is 0.0977. The number of hydrogen-bond acceptors (Lipinski definition) is 4. The molecule has 2 aromatic rings. The minimum absolute atomic E-state index is 0.0294. The highest BCUT2D eigenvalue weighted by atomic mass is 16.6. The van der Waals surface area contributed by atoms with Crippen molar-refractivity contribution in [2.24, 2.45) is 0 Å². The van der Waals surface area contributed by atoms with Crippen LogP contribution in [0.25, 0.3) is 11.1 Å². The molecule has 1 aliphatic heterocycles. The number of ether oxygens (including phenoxy) is 1. The maximum Gasteiger partial charge on any atom is 0.407 e. The molecule has 0 spiro atoms. The van der Waals surface area contributed by atoms with Gasteiger partial charge in [-0.15, -0.1) is 0 Å². The lowest BCUT2D eigenvalue weighted by Gasteiger charge is -2.39. The molecular formula is C25H30N2O4. The smallest absolute Gasteiger partial charge is 0.407 e. The van der Waals surface area contributed by atoms with Crippen LogP contribution in [0, 0.1) is 0 Å². The Bertz CT molecular complexity index is 982. The zero-order valence-electron chi connectivity index (χ0n) is 18.8. The fraction of sp³-hybridized carbons (Fsp3) is 0.400. The van der Waals surface area contributed by atoms with Gasteiger partial charge in [0.15, 0.2) is 0 Å². The van der Waals surface area contributed by atoms with Crippen LogP contribution in [-0.4, -0.2) is 29.9 Å². The molecule has 2 aromatic carbocycles. The van der Waals surface area contributed by atoms with Crippen molar-refractivity contribution >= 4 is 23.5 Å². The minimum Gasteiger partial charge on any atom is -0.447 e. The Morgan fingerprint density at radius 2 is 1.71 bits per heavy atom. The van der Waals surface area contributed by atoms with Crippen LogP contribution >= 0.6 is 0 Å². The molecule has 31 heavy (non-hydrogen) atoms. The molecular weight excluding hydrogens is 392 g/mol. The number of rotatable bonds is 5. The number of nitrogens with one attached hydrogen (secondary N) is 1. The lowest BCUT2D eigenvalue weighted by molar-refractivity contribution is -0.117. The molecule has 164 valence electrons. The largest absolute Gasteiger partial charge is 0.447 e. The predicted molar refractivity (Wildman–Crippen MR) is 121 cm³/mol. The predicted octanol–water partition coefficient (Wildman–Crippen LogP) is 4.81. The van der Waals surface area contributed by atoms with Gasteiger partial charge in [-0.1, -0.05) is 30.3 Å². The average Bonchev–Trinajstić information content (AvgIpc) is 2.67. The molecule has 6 heteroatoms. The number of nitrogens with zero attached hydrogens (tertiary/aromatic N) is 1. The fourth-order valence-electron chi connectivity index (χ4n) is 4.15. The summed E-state index contributed by atoms with van der Waals surface area (Å²) in [5.41, 5.74) is 4.65. The molecule has 1 N–H and O–H groups in total. The summed E-state index contributed by atoms with van der Waals surface area (Å²) in [6.07, 6.45) is 0.336. The van der Waals surface area contributed by atoms with Gasteiger partial charge in [-0.3, -0.25) is 9.59 Å². The van der Waals surface area contributed by atoms with E-state index >= 15 is 0 Å². The van der Waals surface area contributed by atoms with Crippen molar-refractivity contribution in [2.45, 2.75) is 65.6 Å². The van der Waals surface area contributed by atoms with E-state index in [2.05, 4.69) is 5.32 Å². The van der Waals surface area contributed by atoms with Crippen molar-refractivity contribution in [3.8, 4) is 11.1 Å². The Morgan fingerprint density at radius 1 is 1.06 bits per heavy atom. The lowest BCUT2D eigenvalue weighted by Crippen LogP contribution is -2.45. The van der Waals surface area contributed by atoms with Gasteiger partial charge in [0.2, 0.25) is 5.91 Å². The molecule has 2 amide bonds. The molecule has 0 bridgehead atoms. The minimum atomic E-state index is -0.464. The number of amides is 2. The first-order valence-corrected chi connectivity index (χ1v) is 10.7. The van der Waals surface area contributed by atoms with Crippen LogP contribution in [0.5, 0.6) is 0 Å². The van der Waals surface area contributed by atoms with Crippen LogP contribution in [0.3, 0.4) is 0 Å². The van der Waals surface area contributed by atoms with Crippen LogP contribution in [0.4, 0.5) is 10.5 Å². The summed E-state index contributed by atoms with van der Waals surface area (Å²) in [7, 11) is 0. The maximum absolute atomic E-state index is 12.3. The molecule has 0 saturated heterocycles. The number of carbonyl (C=O) groups excluding carboxylic acids is 3. The van der Waals surface area contributed by atoms with Crippen molar-refractivity contribution < 1.29 is 19.1 Å². The second kappa shape index (κ2) is 9.33. The third-order valence-corrected chi connectivity index (χ3v) is 5.39. The SMILES string of the molecule is CC(=O)Cc1ccc(-c2ccc3c(c2)C(NC(=O)OC(C)C)CC(C)N3C(C)=O)cc1. The summed E-state index contributed by atoms with van der Waals surface area (Å²) >= 11 is 0. The van der Waals surface area contributed by atoms with Crippen LogP contribution < -0.4 is 10.2 Å². The third-order valence-electron chi connectivity index (χ3n) is 5.39. The van der Waals surface area contributed by atoms with E-state index in [9.17, 15) is 14.4 Å². The van der Waals surface area contributed by atoms with Gasteiger partial charge in [-0.25, -0.2) is 4.79 Å². The lowest BCUT2D eigenvalue weighted by atomic mass is 9.89. The first kappa shape index (κ1) is 22.5. The highest BCUT2D eigenvalue weighted by Gasteiger charge is 2.33. The number of Topliss-reactive ketones (excluding diaryl/α,β-unsaturated/α-hetero) is 1. The number of anilines is 1. The van der Waals surface area contributed by atoms with Crippen LogP contribution in [-0.2, 0) is 20.7 Å². The molecule has 0 aromatic heterocycles. The van der Waals surface area contributed by atoms with E-state index in [1.54, 1.807) is 18.7 Å². The van der Waals surface area contributed by atoms with Crippen molar-refractivity contribution in [1.29, 1.82) is 0 Å². The second-order valence-corrected chi connectivity index (χ2v) is 8.47. The van der Waals surface area contributed by atoms with E-state index in [-0.39, 0.29) is 29.9 Å². The average molecular weight is 423 g/mol. The Labute approximate surface area is 183 Å². The summed E-state index contributed by atoms with van der Waals surface area (Å²) in [6, 6.07) is 13.5. The number of carbonyl (C=O) groups is 3. The maximum atomic E-state index is 12.3. The van der Waals surface area contributed by atoms with E-state index in [0.29, 0.717) is 12.8 Å². The Kier molecular flexibility index (Phi) is 6.78. The summed E-state index contributed by atoms with van der Waals surface area (Å²) in [6.45, 7) is 8.73. The van der Waals surface area contributed by atoms with Gasteiger partial charge in [-0.2, -0.15) is 0 Å². The zero-order chi connectivity index (χ0) is 22.7. The number of ketones is 1. The number of fused-ring (bicyclic) bond motifs is 1. The van der Waals surface area contributed by atoms with Gasteiger partial charge in [0.05, 0.1) is 12.1 Å². The van der Waals surface area contributed by atoms with Gasteiger partial charge in [-0.05, 0) is 68.5 Å². The van der Waals surface area contributed by atoms with Crippen molar-refractivity contribution in [1.82, 2.24) is 5.32 Å². The molecule has 1 aliphatic rings. The van der Waals surface area contributed by atoms with E-state index in [1.165, 1.54) is 0 Å². The Balaban J connectivity index is 1.97. The summed E-state index contributed by atoms with van der Waals surface area (Å²) in [5, 5.41) is 2.97. The molecule has 0 fully saturated rings. The van der Waals surface area contributed by atoms with Crippen molar-refractivity contribution in [3.63, 3.8) is 0 Å². The molecule has 6 nitrogen and oxygen atoms in total. The second-order valence-electron chi connectivity index (χ2n) is 8.47. The monoisotopic (exact) mass is 422 g/mol. The number of alkyl carbamates (subject to hydrolysis) is 1. The number of benzene rings is 2. The standard InChI is InChI=1S/C25H30N2O4/c1-15(2)31-25(30)26-23-12-16(3)27(18(5)29)24-11-10-21(14-22(23)24)20-8-6-19(7-9-20)13-17(4)28/h6-11,14-16,23H,12-13H2,1-5H3,(H,26,30). The summed E-state index contributed by atoms with van der Waals surface area (Å²) in [4.78, 5) is 37.7. The van der Waals surface area contributed by atoms with E-state index in [0.717, 1.165) is 27.9 Å². The first-order valence-electron chi connectivity index (χ1n) is 10.7. The third kappa shape index (κ3) is 5.32. The molecule has 3 rings (SSSR count). The summed E-state index contributed by atoms with van der Waals surface area (Å²) < 4.78 is 5.28. The molecule has 2 atom stereocenters. The van der Waals surface area contributed by atoms with Gasteiger partial charge in [0, 0.05) is 25.1 Å². The van der Waals surface area contributed by atoms with Crippen molar-refractivity contribution in [3.05, 3.63) is 53.6 Å². The molecule has 0 saturated carbocycles. The van der Waals surface area contributed by atoms with Crippen LogP contribution in [0.2, 0.25) is 0 Å². The van der Waals surface area contributed by atoms with Gasteiger partial charge < -0.3 is 15.0 Å². The Morgan fingerprint density at radius 3 is 2.29 bits per heavy atom. The molecule has 2 unspecified atom stereocenters. The van der Waals surface area contributed by atoms with Crippen LogP contribution in [0.15, 0.2) is 42.5 Å². The fourth-order valence-corrected chi connectivity index (χ4v) is 4.15. The topological polar surface area (TPSA) is 75.7 Å². The van der Waals surface area contributed by atoms with Crippen LogP contribution in [0.1, 0.15) is 58.2 Å². The highest BCUT2D eigenvalue weighted by Crippen LogP contribution is 2.39. The normalized spacial score (nSPS) is 17.8. The van der Waals surface area contributed by atoms with Gasteiger partial charge >= 0.3 is 6.09 Å². The molecule has 0 radical (unpaired) electrons.